The van der Waals surface area contributed by atoms with Crippen molar-refractivity contribution < 1.29 is 0 Å². The lowest BCUT2D eigenvalue weighted by molar-refractivity contribution is 0.291. The first kappa shape index (κ1) is 16.1. The van der Waals surface area contributed by atoms with Gasteiger partial charge in [0.05, 0.1) is 0 Å². The van der Waals surface area contributed by atoms with Gasteiger partial charge in [-0.2, -0.15) is 0 Å². The van der Waals surface area contributed by atoms with Crippen LogP contribution in [-0.4, -0.2) is 0 Å². The van der Waals surface area contributed by atoms with Crippen LogP contribution in [0.25, 0.3) is 0 Å². The van der Waals surface area contributed by atoms with Crippen molar-refractivity contribution in [3.05, 3.63) is 0 Å². The Morgan fingerprint density at radius 3 is 1.44 bits per heavy atom. The highest BCUT2D eigenvalue weighted by molar-refractivity contribution is 4.66. The van der Waals surface area contributed by atoms with Gasteiger partial charge in [0.1, 0.15) is 0 Å². The van der Waals surface area contributed by atoms with Crippen LogP contribution in [0.4, 0.5) is 0 Å². The smallest absolute Gasteiger partial charge is 0.0391 e. The van der Waals surface area contributed by atoms with E-state index in [-0.39, 0.29) is 0 Å². The zero-order chi connectivity index (χ0) is 13.1. The predicted molar refractivity (Wildman–Crippen MR) is 83.0 cm³/mol. The van der Waals surface area contributed by atoms with Crippen LogP contribution in [0.2, 0.25) is 0 Å². The first-order valence-corrected chi connectivity index (χ1v) is 8.84. The molecule has 0 saturated heterocycles. The van der Waals surface area contributed by atoms with Crippen LogP contribution >= 0.6 is 0 Å². The number of hydrogen-bond donors (Lipinski definition) is 0. The first-order valence-electron chi connectivity index (χ1n) is 8.84. The summed E-state index contributed by atoms with van der Waals surface area (Å²) in [4.78, 5) is 0. The molecule has 0 bridgehead atoms. The Morgan fingerprint density at radius 2 is 1.00 bits per heavy atom. The molecule has 0 nitrogen and oxygen atoms in total. The molecule has 18 heavy (non-hydrogen) atoms. The minimum absolute atomic E-state index is 0.972. The fourth-order valence-electron chi connectivity index (χ4n) is 3.59. The molecule has 1 rings (SSSR count). The van der Waals surface area contributed by atoms with E-state index in [9.17, 15) is 0 Å². The second-order valence-corrected chi connectivity index (χ2v) is 6.61. The van der Waals surface area contributed by atoms with E-state index >= 15 is 0 Å². The molecule has 0 aliphatic heterocycles. The highest BCUT2D eigenvalue weighted by atomic mass is 14.2. The zero-order valence-corrected chi connectivity index (χ0v) is 13.1. The minimum atomic E-state index is 0.972. The summed E-state index contributed by atoms with van der Waals surface area (Å²) in [5.74, 6) is 1.98. The highest BCUT2D eigenvalue weighted by Gasteiger charge is 2.14. The lowest BCUT2D eigenvalue weighted by Crippen LogP contribution is -2.11. The quantitative estimate of drug-likeness (QED) is 0.485. The van der Waals surface area contributed by atoms with E-state index in [0.29, 0.717) is 0 Å². The van der Waals surface area contributed by atoms with Crippen molar-refractivity contribution in [1.82, 2.24) is 0 Å². The van der Waals surface area contributed by atoms with Crippen LogP contribution in [0.15, 0.2) is 0 Å². The molecule has 2 unspecified atom stereocenters. The van der Waals surface area contributed by atoms with Gasteiger partial charge in [0.25, 0.3) is 0 Å². The molecular weight excluding hydrogens is 216 g/mol. The Kier molecular flexibility index (Phi) is 9.70. The molecule has 0 aromatic heterocycles. The standard InChI is InChI=1S/C18H36/c1-3-18-16-14-12-10-8-6-4-5-7-9-11-13-15-17(18)2/h17-18H,3-16H2,1-2H3. The second-order valence-electron chi connectivity index (χ2n) is 6.61. The minimum Gasteiger partial charge on any atom is -0.0651 e. The van der Waals surface area contributed by atoms with E-state index in [1.54, 1.807) is 0 Å². The maximum Gasteiger partial charge on any atom is -0.0391 e. The maximum atomic E-state index is 2.51. The van der Waals surface area contributed by atoms with Gasteiger partial charge in [0.2, 0.25) is 0 Å². The van der Waals surface area contributed by atoms with Gasteiger partial charge in [0, 0.05) is 0 Å². The van der Waals surface area contributed by atoms with Crippen LogP contribution in [0, 0.1) is 11.8 Å². The van der Waals surface area contributed by atoms with Crippen LogP contribution in [-0.2, 0) is 0 Å². The maximum absolute atomic E-state index is 2.51. The molecule has 0 amide bonds. The third kappa shape index (κ3) is 7.44. The third-order valence-electron chi connectivity index (χ3n) is 5.06. The van der Waals surface area contributed by atoms with Crippen molar-refractivity contribution >= 4 is 0 Å². The van der Waals surface area contributed by atoms with Crippen molar-refractivity contribution in [2.45, 2.75) is 104 Å². The summed E-state index contributed by atoms with van der Waals surface area (Å²) in [6.07, 6.45) is 20.8. The van der Waals surface area contributed by atoms with Gasteiger partial charge >= 0.3 is 0 Å². The topological polar surface area (TPSA) is 0 Å². The molecule has 0 heteroatoms. The van der Waals surface area contributed by atoms with Gasteiger partial charge in [-0.1, -0.05) is 104 Å². The summed E-state index contributed by atoms with van der Waals surface area (Å²) in [7, 11) is 0. The monoisotopic (exact) mass is 252 g/mol. The fraction of sp³-hybridized carbons (Fsp3) is 1.00. The Morgan fingerprint density at radius 1 is 0.611 bits per heavy atom. The molecule has 2 atom stereocenters. The first-order chi connectivity index (χ1) is 8.84. The van der Waals surface area contributed by atoms with Crippen molar-refractivity contribution in [2.75, 3.05) is 0 Å². The van der Waals surface area contributed by atoms with E-state index in [1.807, 2.05) is 0 Å². The van der Waals surface area contributed by atoms with E-state index in [4.69, 9.17) is 0 Å². The van der Waals surface area contributed by atoms with Crippen molar-refractivity contribution in [1.29, 1.82) is 0 Å². The lowest BCUT2D eigenvalue weighted by atomic mass is 9.83. The molecule has 0 spiro atoms. The highest BCUT2D eigenvalue weighted by Crippen LogP contribution is 2.27. The molecular formula is C18H36. The molecule has 108 valence electrons. The van der Waals surface area contributed by atoms with E-state index in [1.165, 1.54) is 89.9 Å². The van der Waals surface area contributed by atoms with Gasteiger partial charge in [-0.15, -0.1) is 0 Å². The van der Waals surface area contributed by atoms with Gasteiger partial charge in [-0.25, -0.2) is 0 Å². The van der Waals surface area contributed by atoms with E-state index in [2.05, 4.69) is 13.8 Å². The SMILES string of the molecule is CCC1CCCCCCCCCCCCCC1C. The molecule has 1 aliphatic carbocycles. The molecule has 0 heterocycles. The predicted octanol–water partition coefficient (Wildman–Crippen LogP) is 6.73. The van der Waals surface area contributed by atoms with Gasteiger partial charge in [-0.3, -0.25) is 0 Å². The van der Waals surface area contributed by atoms with Crippen molar-refractivity contribution in [3.8, 4) is 0 Å². The van der Waals surface area contributed by atoms with Crippen LogP contribution in [0.3, 0.4) is 0 Å². The Balaban J connectivity index is 2.28. The lowest BCUT2D eigenvalue weighted by Gasteiger charge is -2.22. The molecule has 0 aromatic rings. The summed E-state index contributed by atoms with van der Waals surface area (Å²) in [6, 6.07) is 0. The molecule has 1 aliphatic rings. The Labute approximate surface area is 116 Å². The summed E-state index contributed by atoms with van der Waals surface area (Å²) in [5.41, 5.74) is 0. The normalized spacial score (nSPS) is 30.3. The van der Waals surface area contributed by atoms with Crippen LogP contribution in [0.5, 0.6) is 0 Å². The van der Waals surface area contributed by atoms with E-state index in [0.717, 1.165) is 11.8 Å². The Hall–Kier alpha value is 0. The van der Waals surface area contributed by atoms with Crippen molar-refractivity contribution in [3.63, 3.8) is 0 Å². The van der Waals surface area contributed by atoms with Gasteiger partial charge < -0.3 is 0 Å². The average Bonchev–Trinajstić information content (AvgIpc) is 2.39. The van der Waals surface area contributed by atoms with Gasteiger partial charge in [0.15, 0.2) is 0 Å². The second kappa shape index (κ2) is 10.9. The molecule has 0 radical (unpaired) electrons. The van der Waals surface area contributed by atoms with Crippen LogP contribution in [0.1, 0.15) is 104 Å². The fourth-order valence-corrected chi connectivity index (χ4v) is 3.59. The number of rotatable bonds is 1. The summed E-state index contributed by atoms with van der Waals surface area (Å²) < 4.78 is 0. The Bertz CT molecular complexity index is 173. The summed E-state index contributed by atoms with van der Waals surface area (Å²) in [5, 5.41) is 0. The summed E-state index contributed by atoms with van der Waals surface area (Å²) in [6.45, 7) is 4.90. The zero-order valence-electron chi connectivity index (χ0n) is 13.1. The molecule has 1 fully saturated rings. The van der Waals surface area contributed by atoms with Gasteiger partial charge in [-0.05, 0) is 11.8 Å². The molecule has 0 N–H and O–H groups in total. The average molecular weight is 252 g/mol. The molecule has 0 aromatic carbocycles. The molecule has 1 saturated carbocycles. The summed E-state index contributed by atoms with van der Waals surface area (Å²) >= 11 is 0. The van der Waals surface area contributed by atoms with Crippen LogP contribution < -0.4 is 0 Å². The van der Waals surface area contributed by atoms with E-state index < -0.39 is 0 Å². The number of hydrogen-bond acceptors (Lipinski definition) is 0. The van der Waals surface area contributed by atoms with Crippen molar-refractivity contribution in [2.24, 2.45) is 11.8 Å². The third-order valence-corrected chi connectivity index (χ3v) is 5.06. The largest absolute Gasteiger partial charge is 0.0651 e.